The van der Waals surface area contributed by atoms with Crippen LogP contribution in [-0.2, 0) is 0 Å². The van der Waals surface area contributed by atoms with Crippen molar-refractivity contribution in [2.45, 2.75) is 16.3 Å². The minimum atomic E-state index is 0.577. The van der Waals surface area contributed by atoms with E-state index in [1.165, 1.54) is 23.1 Å². The fraction of sp³-hybridized carbons (Fsp3) is 0.111. The number of carbonyl (C=O) groups is 1. The van der Waals surface area contributed by atoms with Crippen LogP contribution < -0.4 is 0 Å². The van der Waals surface area contributed by atoms with Gasteiger partial charge in [-0.1, -0.05) is 11.3 Å². The van der Waals surface area contributed by atoms with Gasteiger partial charge in [-0.3, -0.25) is 4.79 Å². The molecule has 0 spiro atoms. The number of aromatic nitrogens is 3. The quantitative estimate of drug-likeness (QED) is 0.766. The number of nitrogens with zero attached hydrogens (tertiary/aromatic N) is 3. The first-order chi connectivity index (χ1) is 7.28. The first kappa shape index (κ1) is 10.3. The second kappa shape index (κ2) is 4.50. The number of hydrogen-bond acceptors (Lipinski definition) is 6. The van der Waals surface area contributed by atoms with Crippen molar-refractivity contribution in [3.05, 3.63) is 28.9 Å². The highest BCUT2D eigenvalue weighted by molar-refractivity contribution is 8.01. The summed E-state index contributed by atoms with van der Waals surface area (Å²) in [6.07, 6.45) is 2.32. The van der Waals surface area contributed by atoms with Gasteiger partial charge < -0.3 is 0 Å². The molecular weight excluding hydrogens is 230 g/mol. The van der Waals surface area contributed by atoms with Crippen molar-refractivity contribution in [2.75, 3.05) is 0 Å². The number of carbonyl (C=O) groups excluding carboxylic acids is 1. The second-order valence-corrected chi connectivity index (χ2v) is 5.19. The van der Waals surface area contributed by atoms with Crippen LogP contribution in [0.2, 0.25) is 0 Å². The largest absolute Gasteiger partial charge is 0.298 e. The number of aldehydes is 1. The van der Waals surface area contributed by atoms with Crippen molar-refractivity contribution in [3.8, 4) is 0 Å². The molecule has 0 saturated carbocycles. The summed E-state index contributed by atoms with van der Waals surface area (Å²) in [4.78, 5) is 14.5. The van der Waals surface area contributed by atoms with Gasteiger partial charge in [0.25, 0.3) is 0 Å². The van der Waals surface area contributed by atoms with E-state index < -0.39 is 0 Å². The molecule has 6 heteroatoms. The lowest BCUT2D eigenvalue weighted by atomic mass is 10.3. The molecule has 15 heavy (non-hydrogen) atoms. The Balaban J connectivity index is 2.14. The molecule has 0 amide bonds. The van der Waals surface area contributed by atoms with E-state index in [2.05, 4.69) is 15.2 Å². The zero-order valence-electron chi connectivity index (χ0n) is 7.88. The van der Waals surface area contributed by atoms with Crippen molar-refractivity contribution in [2.24, 2.45) is 0 Å². The van der Waals surface area contributed by atoms with Crippen LogP contribution in [0.4, 0.5) is 0 Å². The SMILES string of the molecule is Cc1nnc(Sc2ccc(C=O)cn2)s1. The minimum Gasteiger partial charge on any atom is -0.298 e. The fourth-order valence-electron chi connectivity index (χ4n) is 0.931. The van der Waals surface area contributed by atoms with E-state index in [1.54, 1.807) is 18.3 Å². The van der Waals surface area contributed by atoms with Gasteiger partial charge in [0.05, 0.1) is 0 Å². The molecule has 0 aliphatic heterocycles. The van der Waals surface area contributed by atoms with Crippen LogP contribution in [0.3, 0.4) is 0 Å². The summed E-state index contributed by atoms with van der Waals surface area (Å²) in [5.41, 5.74) is 0.577. The van der Waals surface area contributed by atoms with E-state index in [4.69, 9.17) is 0 Å². The van der Waals surface area contributed by atoms with E-state index >= 15 is 0 Å². The molecule has 2 aromatic rings. The average molecular weight is 237 g/mol. The average Bonchev–Trinajstić information content (AvgIpc) is 2.65. The van der Waals surface area contributed by atoms with Crippen LogP contribution >= 0.6 is 23.1 Å². The summed E-state index contributed by atoms with van der Waals surface area (Å²) >= 11 is 2.97. The summed E-state index contributed by atoms with van der Waals surface area (Å²) < 4.78 is 0.860. The van der Waals surface area contributed by atoms with E-state index in [0.717, 1.165) is 20.7 Å². The lowest BCUT2D eigenvalue weighted by Crippen LogP contribution is -1.83. The van der Waals surface area contributed by atoms with Gasteiger partial charge in [-0.15, -0.1) is 10.2 Å². The van der Waals surface area contributed by atoms with Gasteiger partial charge in [0, 0.05) is 11.8 Å². The molecule has 0 unspecified atom stereocenters. The first-order valence-electron chi connectivity index (χ1n) is 4.17. The molecule has 2 heterocycles. The molecule has 0 aromatic carbocycles. The number of hydrogen-bond donors (Lipinski definition) is 0. The van der Waals surface area contributed by atoms with E-state index in [1.807, 2.05) is 6.92 Å². The minimum absolute atomic E-state index is 0.577. The Morgan fingerprint density at radius 2 is 2.27 bits per heavy atom. The van der Waals surface area contributed by atoms with Gasteiger partial charge in [0.2, 0.25) is 0 Å². The predicted molar refractivity (Wildman–Crippen MR) is 58.4 cm³/mol. The molecule has 76 valence electrons. The Morgan fingerprint density at radius 3 is 2.80 bits per heavy atom. The smallest absolute Gasteiger partial charge is 0.180 e. The molecular formula is C9H7N3OS2. The lowest BCUT2D eigenvalue weighted by Gasteiger charge is -1.95. The van der Waals surface area contributed by atoms with E-state index in [-0.39, 0.29) is 0 Å². The molecule has 0 aliphatic rings. The third kappa shape index (κ3) is 2.60. The Morgan fingerprint density at radius 1 is 1.40 bits per heavy atom. The summed E-state index contributed by atoms with van der Waals surface area (Å²) in [6.45, 7) is 1.91. The summed E-state index contributed by atoms with van der Waals surface area (Å²) in [5, 5.41) is 9.63. The predicted octanol–water partition coefficient (Wildman–Crippen LogP) is 2.21. The number of rotatable bonds is 3. The standard InChI is InChI=1S/C9H7N3OS2/c1-6-11-12-9(14-6)15-8-3-2-7(5-13)4-10-8/h2-5H,1H3. The molecule has 0 radical (unpaired) electrons. The summed E-state index contributed by atoms with van der Waals surface area (Å²) in [7, 11) is 0. The highest BCUT2D eigenvalue weighted by atomic mass is 32.2. The Hall–Kier alpha value is -1.27. The molecule has 0 N–H and O–H groups in total. The third-order valence-electron chi connectivity index (χ3n) is 1.59. The van der Waals surface area contributed by atoms with E-state index in [9.17, 15) is 4.79 Å². The molecule has 0 saturated heterocycles. The second-order valence-electron chi connectivity index (χ2n) is 2.74. The van der Waals surface area contributed by atoms with Crippen molar-refractivity contribution in [1.29, 1.82) is 0 Å². The molecule has 0 atom stereocenters. The van der Waals surface area contributed by atoms with Crippen molar-refractivity contribution >= 4 is 29.4 Å². The van der Waals surface area contributed by atoms with Crippen LogP contribution in [0.1, 0.15) is 15.4 Å². The lowest BCUT2D eigenvalue weighted by molar-refractivity contribution is 0.112. The van der Waals surface area contributed by atoms with Crippen LogP contribution in [0.15, 0.2) is 27.7 Å². The van der Waals surface area contributed by atoms with Gasteiger partial charge in [-0.2, -0.15) is 0 Å². The van der Waals surface area contributed by atoms with Gasteiger partial charge >= 0.3 is 0 Å². The first-order valence-corrected chi connectivity index (χ1v) is 5.80. The van der Waals surface area contributed by atoms with Crippen molar-refractivity contribution < 1.29 is 4.79 Å². The molecule has 4 nitrogen and oxygen atoms in total. The fourth-order valence-corrected chi connectivity index (χ4v) is 2.63. The van der Waals surface area contributed by atoms with Gasteiger partial charge in [-0.25, -0.2) is 4.98 Å². The zero-order chi connectivity index (χ0) is 10.7. The molecule has 2 rings (SSSR count). The Kier molecular flexibility index (Phi) is 3.08. The van der Waals surface area contributed by atoms with Crippen molar-refractivity contribution in [1.82, 2.24) is 15.2 Å². The molecule has 2 aromatic heterocycles. The summed E-state index contributed by atoms with van der Waals surface area (Å²) in [5.74, 6) is 0. The van der Waals surface area contributed by atoms with Crippen molar-refractivity contribution in [3.63, 3.8) is 0 Å². The molecule has 0 fully saturated rings. The normalized spacial score (nSPS) is 10.2. The molecule has 0 aliphatic carbocycles. The van der Waals surface area contributed by atoms with Crippen LogP contribution in [0.5, 0.6) is 0 Å². The van der Waals surface area contributed by atoms with Gasteiger partial charge in [0.1, 0.15) is 10.0 Å². The number of aryl methyl sites for hydroxylation is 1. The van der Waals surface area contributed by atoms with Gasteiger partial charge in [0.15, 0.2) is 10.6 Å². The van der Waals surface area contributed by atoms with Gasteiger partial charge in [-0.05, 0) is 30.8 Å². The maximum Gasteiger partial charge on any atom is 0.180 e. The molecule has 0 bridgehead atoms. The highest BCUT2D eigenvalue weighted by Gasteiger charge is 2.03. The maximum atomic E-state index is 10.4. The van der Waals surface area contributed by atoms with Crippen LogP contribution in [0, 0.1) is 6.92 Å². The number of pyridine rings is 1. The van der Waals surface area contributed by atoms with Crippen LogP contribution in [0.25, 0.3) is 0 Å². The zero-order valence-corrected chi connectivity index (χ0v) is 9.51. The Labute approximate surface area is 94.8 Å². The monoisotopic (exact) mass is 237 g/mol. The van der Waals surface area contributed by atoms with Crippen LogP contribution in [-0.4, -0.2) is 21.5 Å². The highest BCUT2D eigenvalue weighted by Crippen LogP contribution is 2.28. The summed E-state index contributed by atoms with van der Waals surface area (Å²) in [6, 6.07) is 3.53. The van der Waals surface area contributed by atoms with E-state index in [0.29, 0.717) is 5.56 Å². The topological polar surface area (TPSA) is 55.7 Å². The maximum absolute atomic E-state index is 10.4. The third-order valence-corrected chi connectivity index (χ3v) is 3.43. The Bertz CT molecular complexity index is 466.